The number of halogens is 1. The normalized spacial score (nSPS) is 23.0. The Morgan fingerprint density at radius 2 is 2.32 bits per heavy atom. The van der Waals surface area contributed by atoms with Gasteiger partial charge < -0.3 is 15.2 Å². The van der Waals surface area contributed by atoms with Gasteiger partial charge in [0.15, 0.2) is 0 Å². The molecule has 1 aliphatic rings. The zero-order chi connectivity index (χ0) is 13.7. The van der Waals surface area contributed by atoms with E-state index < -0.39 is 0 Å². The van der Waals surface area contributed by atoms with Crippen LogP contribution in [-0.4, -0.2) is 25.4 Å². The van der Waals surface area contributed by atoms with Gasteiger partial charge in [0.2, 0.25) is 0 Å². The van der Waals surface area contributed by atoms with Crippen LogP contribution in [0.25, 0.3) is 0 Å². The fourth-order valence-corrected chi connectivity index (χ4v) is 2.38. The Balaban J connectivity index is 1.96. The Kier molecular flexibility index (Phi) is 5.31. The van der Waals surface area contributed by atoms with Crippen molar-refractivity contribution in [2.45, 2.75) is 44.4 Å². The van der Waals surface area contributed by atoms with Crippen molar-refractivity contribution < 1.29 is 13.9 Å². The smallest absolute Gasteiger partial charge is 0.123 e. The second-order valence-corrected chi connectivity index (χ2v) is 5.16. The summed E-state index contributed by atoms with van der Waals surface area (Å²) in [6.07, 6.45) is 3.17. The first-order valence-corrected chi connectivity index (χ1v) is 6.91. The van der Waals surface area contributed by atoms with Crippen LogP contribution in [0, 0.1) is 5.82 Å². The van der Waals surface area contributed by atoms with Crippen molar-refractivity contribution in [3.8, 4) is 0 Å². The highest BCUT2D eigenvalue weighted by atomic mass is 19.1. The van der Waals surface area contributed by atoms with Gasteiger partial charge in [0.25, 0.3) is 0 Å². The van der Waals surface area contributed by atoms with Gasteiger partial charge in [0.05, 0.1) is 18.8 Å². The minimum atomic E-state index is -0.291. The van der Waals surface area contributed by atoms with E-state index in [1.807, 2.05) is 13.0 Å². The molecule has 106 valence electrons. The zero-order valence-corrected chi connectivity index (χ0v) is 11.3. The molecule has 0 amide bonds. The van der Waals surface area contributed by atoms with Gasteiger partial charge in [0, 0.05) is 12.6 Å². The summed E-state index contributed by atoms with van der Waals surface area (Å²) in [7, 11) is 0. The molecule has 1 saturated heterocycles. The average molecular weight is 267 g/mol. The molecule has 4 heteroatoms. The second kappa shape index (κ2) is 6.98. The lowest BCUT2D eigenvalue weighted by Crippen LogP contribution is -2.31. The zero-order valence-electron chi connectivity index (χ0n) is 11.3. The SMILES string of the molecule is CC(N)C(OCC1CCCCO1)c1cccc(F)c1. The van der Waals surface area contributed by atoms with Gasteiger partial charge in [-0.25, -0.2) is 4.39 Å². The van der Waals surface area contributed by atoms with E-state index >= 15 is 0 Å². The lowest BCUT2D eigenvalue weighted by Gasteiger charge is -2.27. The maximum atomic E-state index is 13.3. The Morgan fingerprint density at radius 3 is 2.95 bits per heavy atom. The van der Waals surface area contributed by atoms with Gasteiger partial charge in [-0.2, -0.15) is 0 Å². The van der Waals surface area contributed by atoms with Crippen LogP contribution in [0.4, 0.5) is 4.39 Å². The van der Waals surface area contributed by atoms with Gasteiger partial charge in [-0.15, -0.1) is 0 Å². The van der Waals surface area contributed by atoms with Crippen LogP contribution in [0.15, 0.2) is 24.3 Å². The molecule has 0 saturated carbocycles. The molecule has 1 aromatic rings. The Morgan fingerprint density at radius 1 is 1.47 bits per heavy atom. The van der Waals surface area contributed by atoms with Crippen LogP contribution in [0.2, 0.25) is 0 Å². The highest BCUT2D eigenvalue weighted by Gasteiger charge is 2.21. The minimum absolute atomic E-state index is 0.142. The van der Waals surface area contributed by atoms with E-state index in [9.17, 15) is 4.39 Å². The molecule has 0 aromatic heterocycles. The van der Waals surface area contributed by atoms with E-state index in [0.717, 1.165) is 25.0 Å². The van der Waals surface area contributed by atoms with Gasteiger partial charge in [-0.05, 0) is 43.9 Å². The van der Waals surface area contributed by atoms with Gasteiger partial charge in [0.1, 0.15) is 5.82 Å². The van der Waals surface area contributed by atoms with Gasteiger partial charge in [-0.3, -0.25) is 0 Å². The molecule has 0 spiro atoms. The minimum Gasteiger partial charge on any atom is -0.376 e. The van der Waals surface area contributed by atoms with Crippen LogP contribution in [0.1, 0.15) is 37.9 Å². The van der Waals surface area contributed by atoms with Crippen molar-refractivity contribution in [3.05, 3.63) is 35.6 Å². The molecular weight excluding hydrogens is 245 g/mol. The van der Waals surface area contributed by atoms with Crippen molar-refractivity contribution in [2.24, 2.45) is 5.73 Å². The molecule has 2 rings (SSSR count). The van der Waals surface area contributed by atoms with E-state index in [-0.39, 0.29) is 24.1 Å². The molecule has 2 N–H and O–H groups in total. The second-order valence-electron chi connectivity index (χ2n) is 5.16. The van der Waals surface area contributed by atoms with Crippen molar-refractivity contribution in [1.29, 1.82) is 0 Å². The predicted molar refractivity (Wildman–Crippen MR) is 72.3 cm³/mol. The van der Waals surface area contributed by atoms with Crippen molar-refractivity contribution in [2.75, 3.05) is 13.2 Å². The summed E-state index contributed by atoms with van der Waals surface area (Å²) in [5.74, 6) is -0.263. The first-order valence-electron chi connectivity index (χ1n) is 6.91. The summed E-state index contributed by atoms with van der Waals surface area (Å²) in [5, 5.41) is 0. The summed E-state index contributed by atoms with van der Waals surface area (Å²) in [6, 6.07) is 6.24. The predicted octanol–water partition coefficient (Wildman–Crippen LogP) is 2.80. The topological polar surface area (TPSA) is 44.5 Å². The number of ether oxygens (including phenoxy) is 2. The lowest BCUT2D eigenvalue weighted by atomic mass is 10.0. The molecule has 3 atom stereocenters. The largest absolute Gasteiger partial charge is 0.376 e. The van der Waals surface area contributed by atoms with Crippen molar-refractivity contribution in [1.82, 2.24) is 0 Å². The number of benzene rings is 1. The quantitative estimate of drug-likeness (QED) is 0.892. The summed E-state index contributed by atoms with van der Waals surface area (Å²) in [4.78, 5) is 0. The number of rotatable bonds is 5. The lowest BCUT2D eigenvalue weighted by molar-refractivity contribution is -0.0681. The fraction of sp³-hybridized carbons (Fsp3) is 0.600. The monoisotopic (exact) mass is 267 g/mol. The molecule has 3 nitrogen and oxygen atoms in total. The average Bonchev–Trinajstić information content (AvgIpc) is 2.40. The highest BCUT2D eigenvalue weighted by Crippen LogP contribution is 2.23. The van der Waals surface area contributed by atoms with Crippen LogP contribution in [0.3, 0.4) is 0 Å². The Hall–Kier alpha value is -0.970. The molecule has 0 radical (unpaired) electrons. The molecule has 1 heterocycles. The maximum absolute atomic E-state index is 13.3. The summed E-state index contributed by atoms with van der Waals surface area (Å²) >= 11 is 0. The van der Waals surface area contributed by atoms with Gasteiger partial charge in [-0.1, -0.05) is 12.1 Å². The van der Waals surface area contributed by atoms with Crippen molar-refractivity contribution >= 4 is 0 Å². The molecule has 19 heavy (non-hydrogen) atoms. The van der Waals surface area contributed by atoms with E-state index in [2.05, 4.69) is 0 Å². The summed E-state index contributed by atoms with van der Waals surface area (Å²) in [5.41, 5.74) is 6.73. The van der Waals surface area contributed by atoms with Crippen molar-refractivity contribution in [3.63, 3.8) is 0 Å². The molecule has 0 bridgehead atoms. The molecular formula is C15H22FNO2. The maximum Gasteiger partial charge on any atom is 0.123 e. The van der Waals surface area contributed by atoms with E-state index in [1.165, 1.54) is 18.6 Å². The Bertz CT molecular complexity index is 391. The summed E-state index contributed by atoms with van der Waals surface area (Å²) < 4.78 is 24.8. The Labute approximate surface area is 113 Å². The third-order valence-electron chi connectivity index (χ3n) is 3.39. The van der Waals surface area contributed by atoms with E-state index in [1.54, 1.807) is 6.07 Å². The standard InChI is InChI=1S/C15H22FNO2/c1-11(17)15(12-5-4-6-13(16)9-12)19-10-14-7-2-3-8-18-14/h4-6,9,11,14-15H,2-3,7-8,10,17H2,1H3. The third-order valence-corrected chi connectivity index (χ3v) is 3.39. The van der Waals surface area contributed by atoms with E-state index in [4.69, 9.17) is 15.2 Å². The highest BCUT2D eigenvalue weighted by molar-refractivity contribution is 5.20. The van der Waals surface area contributed by atoms with Crippen LogP contribution in [-0.2, 0) is 9.47 Å². The first kappa shape index (κ1) is 14.4. The number of hydrogen-bond acceptors (Lipinski definition) is 3. The van der Waals surface area contributed by atoms with Gasteiger partial charge >= 0.3 is 0 Å². The molecule has 1 fully saturated rings. The summed E-state index contributed by atoms with van der Waals surface area (Å²) in [6.45, 7) is 3.19. The van der Waals surface area contributed by atoms with Crippen LogP contribution in [0.5, 0.6) is 0 Å². The molecule has 1 aromatic carbocycles. The molecule has 1 aliphatic heterocycles. The third kappa shape index (κ3) is 4.27. The first-order chi connectivity index (χ1) is 9.16. The number of hydrogen-bond donors (Lipinski definition) is 1. The van der Waals surface area contributed by atoms with E-state index in [0.29, 0.717) is 6.61 Å². The van der Waals surface area contributed by atoms with Crippen LogP contribution >= 0.6 is 0 Å². The number of nitrogens with two attached hydrogens (primary N) is 1. The fourth-order valence-electron chi connectivity index (χ4n) is 2.38. The molecule has 3 unspecified atom stereocenters. The molecule has 0 aliphatic carbocycles. The van der Waals surface area contributed by atoms with Crippen LogP contribution < -0.4 is 5.73 Å².